The van der Waals surface area contributed by atoms with Gasteiger partial charge in [-0.2, -0.15) is 0 Å². The van der Waals surface area contributed by atoms with Gasteiger partial charge in [0.2, 0.25) is 11.8 Å². The number of carbonyl (C=O) groups is 2. The minimum atomic E-state index is -0.821. The normalized spacial score (nSPS) is 13.7. The summed E-state index contributed by atoms with van der Waals surface area (Å²) in [6.07, 6.45) is 1.59. The highest BCUT2D eigenvalue weighted by molar-refractivity contribution is 5.86. The quantitative estimate of drug-likeness (QED) is 0.403. The topological polar surface area (TPSA) is 98.7 Å². The average molecular weight is 411 g/mol. The second-order valence-electron chi connectivity index (χ2n) is 7.23. The van der Waals surface area contributed by atoms with E-state index in [9.17, 15) is 19.8 Å². The maximum Gasteiger partial charge on any atom is 0.224 e. The highest BCUT2D eigenvalue weighted by Crippen LogP contribution is 2.14. The Morgan fingerprint density at radius 1 is 1.03 bits per heavy atom. The molecule has 0 saturated heterocycles. The summed E-state index contributed by atoms with van der Waals surface area (Å²) in [5.41, 5.74) is 1.72. The molecule has 0 fully saturated rings. The van der Waals surface area contributed by atoms with Crippen LogP contribution in [-0.2, 0) is 16.0 Å². The number of aliphatic hydroxyl groups is 2. The molecule has 3 unspecified atom stereocenters. The van der Waals surface area contributed by atoms with E-state index in [2.05, 4.69) is 17.2 Å². The summed E-state index contributed by atoms with van der Waals surface area (Å²) < 4.78 is 0. The Bertz CT molecular complexity index is 795. The second-order valence-corrected chi connectivity index (χ2v) is 7.23. The Labute approximate surface area is 177 Å². The first kappa shape index (κ1) is 23.3. The highest BCUT2D eigenvalue weighted by Gasteiger charge is 2.23. The zero-order valence-corrected chi connectivity index (χ0v) is 17.0. The van der Waals surface area contributed by atoms with Gasteiger partial charge in [0.15, 0.2) is 0 Å². The molecule has 0 aromatic heterocycles. The zero-order valence-electron chi connectivity index (χ0n) is 17.0. The van der Waals surface area contributed by atoms with E-state index in [-0.39, 0.29) is 31.4 Å². The minimum Gasteiger partial charge on any atom is -0.394 e. The Kier molecular flexibility index (Phi) is 9.77. The van der Waals surface area contributed by atoms with Crippen LogP contribution in [0.25, 0.3) is 0 Å². The molecule has 6 nitrogen and oxygen atoms in total. The lowest BCUT2D eigenvalue weighted by Crippen LogP contribution is -2.42. The predicted octanol–water partition coefficient (Wildman–Crippen LogP) is 2.14. The number of nitrogens with one attached hydrogen (secondary N) is 2. The largest absolute Gasteiger partial charge is 0.394 e. The molecule has 2 rings (SSSR count). The zero-order chi connectivity index (χ0) is 21.8. The van der Waals surface area contributed by atoms with Crippen molar-refractivity contribution in [3.63, 3.8) is 0 Å². The summed E-state index contributed by atoms with van der Waals surface area (Å²) in [5, 5.41) is 25.3. The van der Waals surface area contributed by atoms with Gasteiger partial charge in [0.25, 0.3) is 0 Å². The van der Waals surface area contributed by atoms with Gasteiger partial charge in [-0.05, 0) is 24.0 Å². The third kappa shape index (κ3) is 7.81. The van der Waals surface area contributed by atoms with Crippen molar-refractivity contribution in [1.29, 1.82) is 0 Å². The Morgan fingerprint density at radius 2 is 1.67 bits per heavy atom. The molecule has 2 aromatic carbocycles. The number of benzene rings is 2. The van der Waals surface area contributed by atoms with E-state index in [4.69, 9.17) is 0 Å². The van der Waals surface area contributed by atoms with Gasteiger partial charge in [0, 0.05) is 13.0 Å². The SMILES string of the molecule is C=CCC(CC(=O)NC(CO)Cc1ccccc1)C(=O)NCC(O)c1ccccc1. The number of hydrogen-bond donors (Lipinski definition) is 4. The number of amides is 2. The van der Waals surface area contributed by atoms with E-state index in [1.807, 2.05) is 48.5 Å². The molecular formula is C24H30N2O4. The van der Waals surface area contributed by atoms with Crippen LogP contribution in [0, 0.1) is 5.92 Å². The molecule has 0 aliphatic carbocycles. The third-order valence-corrected chi connectivity index (χ3v) is 4.82. The van der Waals surface area contributed by atoms with Crippen LogP contribution in [0.3, 0.4) is 0 Å². The summed E-state index contributed by atoms with van der Waals surface area (Å²) in [7, 11) is 0. The molecule has 0 saturated carbocycles. The molecule has 0 bridgehead atoms. The van der Waals surface area contributed by atoms with Crippen molar-refractivity contribution in [2.24, 2.45) is 5.92 Å². The summed E-state index contributed by atoms with van der Waals surface area (Å²) in [6, 6.07) is 18.2. The van der Waals surface area contributed by atoms with Crippen LogP contribution < -0.4 is 10.6 Å². The van der Waals surface area contributed by atoms with Gasteiger partial charge >= 0.3 is 0 Å². The van der Waals surface area contributed by atoms with Gasteiger partial charge < -0.3 is 20.8 Å². The summed E-state index contributed by atoms with van der Waals surface area (Å²) in [6.45, 7) is 3.53. The molecule has 30 heavy (non-hydrogen) atoms. The van der Waals surface area contributed by atoms with Crippen LogP contribution in [0.4, 0.5) is 0 Å². The van der Waals surface area contributed by atoms with Crippen molar-refractivity contribution in [3.8, 4) is 0 Å². The lowest BCUT2D eigenvalue weighted by atomic mass is 9.98. The Balaban J connectivity index is 1.87. The van der Waals surface area contributed by atoms with Gasteiger partial charge in [0.05, 0.1) is 24.7 Å². The van der Waals surface area contributed by atoms with Gasteiger partial charge in [-0.1, -0.05) is 66.7 Å². The first-order valence-corrected chi connectivity index (χ1v) is 10.1. The van der Waals surface area contributed by atoms with Gasteiger partial charge in [0.1, 0.15) is 0 Å². The van der Waals surface area contributed by atoms with E-state index >= 15 is 0 Å². The first-order valence-electron chi connectivity index (χ1n) is 10.1. The van der Waals surface area contributed by atoms with Crippen molar-refractivity contribution in [1.82, 2.24) is 10.6 Å². The third-order valence-electron chi connectivity index (χ3n) is 4.82. The van der Waals surface area contributed by atoms with Crippen LogP contribution in [0.1, 0.15) is 30.1 Å². The molecule has 0 radical (unpaired) electrons. The van der Waals surface area contributed by atoms with Crippen molar-refractivity contribution in [2.75, 3.05) is 13.2 Å². The molecule has 0 heterocycles. The van der Waals surface area contributed by atoms with Crippen molar-refractivity contribution in [2.45, 2.75) is 31.4 Å². The first-order chi connectivity index (χ1) is 14.5. The second kappa shape index (κ2) is 12.6. The molecule has 4 N–H and O–H groups in total. The lowest BCUT2D eigenvalue weighted by molar-refractivity contribution is -0.131. The average Bonchev–Trinajstić information content (AvgIpc) is 2.77. The Hall–Kier alpha value is -2.96. The van der Waals surface area contributed by atoms with Crippen LogP contribution in [0.15, 0.2) is 73.3 Å². The number of hydrogen-bond acceptors (Lipinski definition) is 4. The lowest BCUT2D eigenvalue weighted by Gasteiger charge is -2.20. The molecular weight excluding hydrogens is 380 g/mol. The van der Waals surface area contributed by atoms with E-state index in [1.54, 1.807) is 18.2 Å². The number of rotatable bonds is 12. The van der Waals surface area contributed by atoms with Crippen molar-refractivity contribution >= 4 is 11.8 Å². The molecule has 2 amide bonds. The van der Waals surface area contributed by atoms with Crippen LogP contribution in [0.5, 0.6) is 0 Å². The van der Waals surface area contributed by atoms with Gasteiger partial charge in [-0.25, -0.2) is 0 Å². The molecule has 0 aliphatic rings. The monoisotopic (exact) mass is 410 g/mol. The summed E-state index contributed by atoms with van der Waals surface area (Å²) in [4.78, 5) is 25.0. The smallest absolute Gasteiger partial charge is 0.224 e. The summed E-state index contributed by atoms with van der Waals surface area (Å²) in [5.74, 6) is -1.22. The number of allylic oxidation sites excluding steroid dienone is 1. The molecule has 0 spiro atoms. The number of aliphatic hydroxyl groups excluding tert-OH is 2. The van der Waals surface area contributed by atoms with Gasteiger partial charge in [-0.15, -0.1) is 6.58 Å². The molecule has 2 aromatic rings. The fourth-order valence-electron chi connectivity index (χ4n) is 3.19. The van der Waals surface area contributed by atoms with E-state index in [0.717, 1.165) is 5.56 Å². The van der Waals surface area contributed by atoms with Gasteiger partial charge in [-0.3, -0.25) is 9.59 Å². The Morgan fingerprint density at radius 3 is 2.27 bits per heavy atom. The van der Waals surface area contributed by atoms with Crippen LogP contribution in [-0.4, -0.2) is 41.2 Å². The molecule has 3 atom stereocenters. The van der Waals surface area contributed by atoms with E-state index < -0.39 is 18.1 Å². The van der Waals surface area contributed by atoms with E-state index in [0.29, 0.717) is 18.4 Å². The minimum absolute atomic E-state index is 0.0232. The standard InChI is InChI=1S/C24H30N2O4/c1-2-9-20(24(30)25-16-22(28)19-12-7-4-8-13-19)15-23(29)26-21(17-27)14-18-10-5-3-6-11-18/h2-8,10-13,20-22,27-28H,1,9,14-17H2,(H,25,30)(H,26,29). The molecule has 160 valence electrons. The number of carbonyl (C=O) groups excluding carboxylic acids is 2. The van der Waals surface area contributed by atoms with Crippen LogP contribution in [0.2, 0.25) is 0 Å². The van der Waals surface area contributed by atoms with Crippen LogP contribution >= 0.6 is 0 Å². The van der Waals surface area contributed by atoms with E-state index in [1.165, 1.54) is 0 Å². The predicted molar refractivity (Wildman–Crippen MR) is 116 cm³/mol. The maximum atomic E-state index is 12.6. The maximum absolute atomic E-state index is 12.6. The fraction of sp³-hybridized carbons (Fsp3) is 0.333. The molecule has 0 aliphatic heterocycles. The highest BCUT2D eigenvalue weighted by atomic mass is 16.3. The van der Waals surface area contributed by atoms with Crippen molar-refractivity contribution < 1.29 is 19.8 Å². The molecule has 6 heteroatoms. The fourth-order valence-corrected chi connectivity index (χ4v) is 3.19. The summed E-state index contributed by atoms with van der Waals surface area (Å²) >= 11 is 0. The van der Waals surface area contributed by atoms with Crippen molar-refractivity contribution in [3.05, 3.63) is 84.4 Å².